The Morgan fingerprint density at radius 2 is 2.25 bits per heavy atom. The van der Waals surface area contributed by atoms with Crippen molar-refractivity contribution in [3.63, 3.8) is 0 Å². The number of hydrogen-bond acceptors (Lipinski definition) is 4. The maximum Gasteiger partial charge on any atom is 0.325 e. The van der Waals surface area contributed by atoms with E-state index in [0.29, 0.717) is 17.9 Å². The van der Waals surface area contributed by atoms with Crippen LogP contribution in [0.2, 0.25) is 0 Å². The lowest BCUT2D eigenvalue weighted by Gasteiger charge is -2.06. The fourth-order valence-corrected chi connectivity index (χ4v) is 1.30. The van der Waals surface area contributed by atoms with E-state index in [9.17, 15) is 9.59 Å². The van der Waals surface area contributed by atoms with Gasteiger partial charge in [0.05, 0.1) is 12.8 Å². The standard InChI is InChI=1S/C10H15N3O3/c1-3-13-6-7(11)4-8(13)10(15)12-5-9(14)16-2/h4,6H,3,5,11H2,1-2H3,(H,12,15). The molecule has 6 nitrogen and oxygen atoms in total. The number of aromatic nitrogens is 1. The minimum atomic E-state index is -0.490. The van der Waals surface area contributed by atoms with Gasteiger partial charge in [0.2, 0.25) is 0 Å². The van der Waals surface area contributed by atoms with Gasteiger partial charge in [-0.15, -0.1) is 0 Å². The predicted octanol–water partition coefficient (Wildman–Crippen LogP) is -0.00700. The summed E-state index contributed by atoms with van der Waals surface area (Å²) >= 11 is 0. The Morgan fingerprint density at radius 3 is 2.81 bits per heavy atom. The largest absolute Gasteiger partial charge is 0.468 e. The Hall–Kier alpha value is -1.98. The highest BCUT2D eigenvalue weighted by molar-refractivity contribution is 5.95. The summed E-state index contributed by atoms with van der Waals surface area (Å²) in [5.74, 6) is -0.833. The van der Waals surface area contributed by atoms with Gasteiger partial charge in [0.25, 0.3) is 5.91 Å². The van der Waals surface area contributed by atoms with Gasteiger partial charge >= 0.3 is 5.97 Å². The molecule has 0 aliphatic rings. The molecule has 88 valence electrons. The molecule has 0 saturated heterocycles. The molecular weight excluding hydrogens is 210 g/mol. The second-order valence-electron chi connectivity index (χ2n) is 3.20. The van der Waals surface area contributed by atoms with Crippen molar-refractivity contribution in [2.75, 3.05) is 19.4 Å². The molecule has 1 aromatic rings. The maximum absolute atomic E-state index is 11.7. The van der Waals surface area contributed by atoms with Gasteiger partial charge in [-0.1, -0.05) is 0 Å². The summed E-state index contributed by atoms with van der Waals surface area (Å²) in [5, 5.41) is 2.45. The van der Waals surface area contributed by atoms with Crippen LogP contribution >= 0.6 is 0 Å². The fourth-order valence-electron chi connectivity index (χ4n) is 1.30. The van der Waals surface area contributed by atoms with Crippen LogP contribution in [0.4, 0.5) is 5.69 Å². The molecule has 1 heterocycles. The number of anilines is 1. The number of esters is 1. The van der Waals surface area contributed by atoms with E-state index < -0.39 is 5.97 Å². The lowest BCUT2D eigenvalue weighted by atomic mass is 10.4. The summed E-state index contributed by atoms with van der Waals surface area (Å²) in [6, 6.07) is 1.57. The highest BCUT2D eigenvalue weighted by atomic mass is 16.5. The second-order valence-corrected chi connectivity index (χ2v) is 3.20. The monoisotopic (exact) mass is 225 g/mol. The third kappa shape index (κ3) is 2.75. The normalized spacial score (nSPS) is 9.88. The molecule has 1 aromatic heterocycles. The third-order valence-corrected chi connectivity index (χ3v) is 2.11. The van der Waals surface area contributed by atoms with E-state index in [-0.39, 0.29) is 12.5 Å². The van der Waals surface area contributed by atoms with E-state index in [1.807, 2.05) is 6.92 Å². The predicted molar refractivity (Wildman–Crippen MR) is 58.9 cm³/mol. The molecule has 0 saturated carbocycles. The zero-order valence-corrected chi connectivity index (χ0v) is 9.32. The van der Waals surface area contributed by atoms with Crippen molar-refractivity contribution in [1.29, 1.82) is 0 Å². The van der Waals surface area contributed by atoms with Gasteiger partial charge in [-0.2, -0.15) is 0 Å². The molecule has 0 unspecified atom stereocenters. The van der Waals surface area contributed by atoms with Crippen LogP contribution in [0.15, 0.2) is 12.3 Å². The van der Waals surface area contributed by atoms with Gasteiger partial charge in [0.1, 0.15) is 12.2 Å². The van der Waals surface area contributed by atoms with Crippen LogP contribution in [-0.4, -0.2) is 30.1 Å². The van der Waals surface area contributed by atoms with Crippen LogP contribution < -0.4 is 11.1 Å². The van der Waals surface area contributed by atoms with Gasteiger partial charge in [-0.05, 0) is 13.0 Å². The number of nitrogens with zero attached hydrogens (tertiary/aromatic N) is 1. The van der Waals surface area contributed by atoms with Crippen LogP contribution in [0.1, 0.15) is 17.4 Å². The minimum Gasteiger partial charge on any atom is -0.468 e. The first kappa shape index (κ1) is 12.1. The SMILES string of the molecule is CCn1cc(N)cc1C(=O)NCC(=O)OC. The number of aryl methyl sites for hydroxylation is 1. The van der Waals surface area contributed by atoms with Crippen LogP contribution in [0.3, 0.4) is 0 Å². The number of ether oxygens (including phenoxy) is 1. The zero-order chi connectivity index (χ0) is 12.1. The number of carbonyl (C=O) groups excluding carboxylic acids is 2. The lowest BCUT2D eigenvalue weighted by Crippen LogP contribution is -2.31. The Bertz CT molecular complexity index is 398. The van der Waals surface area contributed by atoms with Crippen molar-refractivity contribution in [3.05, 3.63) is 18.0 Å². The molecule has 0 atom stereocenters. The molecule has 0 fully saturated rings. The molecule has 0 spiro atoms. The van der Waals surface area contributed by atoms with Gasteiger partial charge in [0.15, 0.2) is 0 Å². The maximum atomic E-state index is 11.7. The molecule has 0 aromatic carbocycles. The average molecular weight is 225 g/mol. The summed E-state index contributed by atoms with van der Waals surface area (Å²) in [6.07, 6.45) is 1.67. The second kappa shape index (κ2) is 5.20. The van der Waals surface area contributed by atoms with Crippen LogP contribution in [0.5, 0.6) is 0 Å². The first-order valence-electron chi connectivity index (χ1n) is 4.89. The van der Waals surface area contributed by atoms with Crippen molar-refractivity contribution < 1.29 is 14.3 Å². The van der Waals surface area contributed by atoms with E-state index in [1.165, 1.54) is 7.11 Å². The first-order chi connectivity index (χ1) is 7.58. The third-order valence-electron chi connectivity index (χ3n) is 2.11. The van der Waals surface area contributed by atoms with Gasteiger partial charge in [0, 0.05) is 12.7 Å². The van der Waals surface area contributed by atoms with E-state index in [0.717, 1.165) is 0 Å². The smallest absolute Gasteiger partial charge is 0.325 e. The Morgan fingerprint density at radius 1 is 1.56 bits per heavy atom. The topological polar surface area (TPSA) is 86.4 Å². The highest BCUT2D eigenvalue weighted by Crippen LogP contribution is 2.10. The number of methoxy groups -OCH3 is 1. The van der Waals surface area contributed by atoms with Gasteiger partial charge in [-0.25, -0.2) is 0 Å². The number of carbonyl (C=O) groups is 2. The molecular formula is C10H15N3O3. The number of nitrogens with two attached hydrogens (primary N) is 1. The summed E-state index contributed by atoms with van der Waals surface area (Å²) < 4.78 is 6.12. The summed E-state index contributed by atoms with van der Waals surface area (Å²) in [5.41, 5.74) is 6.54. The molecule has 0 bridgehead atoms. The van der Waals surface area contributed by atoms with Crippen molar-refractivity contribution in [1.82, 2.24) is 9.88 Å². The number of nitrogen functional groups attached to an aromatic ring is 1. The quantitative estimate of drug-likeness (QED) is 0.706. The molecule has 0 aliphatic carbocycles. The van der Waals surface area contributed by atoms with Crippen molar-refractivity contribution >= 4 is 17.6 Å². The molecule has 0 aliphatic heterocycles. The summed E-state index contributed by atoms with van der Waals surface area (Å²) in [6.45, 7) is 2.39. The van der Waals surface area contributed by atoms with Crippen molar-refractivity contribution in [2.24, 2.45) is 0 Å². The number of rotatable bonds is 4. The molecule has 1 amide bonds. The Balaban J connectivity index is 2.68. The molecule has 3 N–H and O–H groups in total. The molecule has 6 heteroatoms. The number of amides is 1. The van der Waals surface area contributed by atoms with Gasteiger partial charge < -0.3 is 20.4 Å². The highest BCUT2D eigenvalue weighted by Gasteiger charge is 2.12. The van der Waals surface area contributed by atoms with Crippen LogP contribution in [-0.2, 0) is 16.1 Å². The number of nitrogens with one attached hydrogen (secondary N) is 1. The Kier molecular flexibility index (Phi) is 3.93. The van der Waals surface area contributed by atoms with E-state index in [2.05, 4.69) is 10.1 Å². The first-order valence-corrected chi connectivity index (χ1v) is 4.89. The molecule has 0 radical (unpaired) electrons. The van der Waals surface area contributed by atoms with E-state index in [4.69, 9.17) is 5.73 Å². The summed E-state index contributed by atoms with van der Waals surface area (Å²) in [4.78, 5) is 22.5. The van der Waals surface area contributed by atoms with Crippen LogP contribution in [0.25, 0.3) is 0 Å². The fraction of sp³-hybridized carbons (Fsp3) is 0.400. The zero-order valence-electron chi connectivity index (χ0n) is 9.32. The lowest BCUT2D eigenvalue weighted by molar-refractivity contribution is -0.139. The Labute approximate surface area is 93.4 Å². The molecule has 1 rings (SSSR count). The average Bonchev–Trinajstić information content (AvgIpc) is 2.66. The summed E-state index contributed by atoms with van der Waals surface area (Å²) in [7, 11) is 1.27. The molecule has 16 heavy (non-hydrogen) atoms. The van der Waals surface area contributed by atoms with Crippen molar-refractivity contribution in [2.45, 2.75) is 13.5 Å². The van der Waals surface area contributed by atoms with Crippen molar-refractivity contribution in [3.8, 4) is 0 Å². The minimum absolute atomic E-state index is 0.149. The van der Waals surface area contributed by atoms with E-state index >= 15 is 0 Å². The number of hydrogen-bond donors (Lipinski definition) is 2. The van der Waals surface area contributed by atoms with Crippen LogP contribution in [0, 0.1) is 0 Å². The van der Waals surface area contributed by atoms with Gasteiger partial charge in [-0.3, -0.25) is 9.59 Å². The van der Waals surface area contributed by atoms with E-state index in [1.54, 1.807) is 16.8 Å².